The van der Waals surface area contributed by atoms with E-state index >= 15 is 0 Å². The van der Waals surface area contributed by atoms with Gasteiger partial charge in [0.2, 0.25) is 0 Å². The molecular weight excluding hydrogens is 517 g/mol. The quantitative estimate of drug-likeness (QED) is 0.182. The number of aromatic nitrogens is 1. The molecule has 0 aliphatic carbocycles. The smallest absolute Gasteiger partial charge is 0.291 e. The lowest BCUT2D eigenvalue weighted by Crippen LogP contribution is -2.37. The zero-order valence-electron chi connectivity index (χ0n) is 16.4. The van der Waals surface area contributed by atoms with E-state index in [1.165, 1.54) is 6.26 Å². The highest BCUT2D eigenvalue weighted by Crippen LogP contribution is 2.12. The van der Waals surface area contributed by atoms with Gasteiger partial charge in [0.15, 0.2) is 11.7 Å². The zero-order valence-corrected chi connectivity index (χ0v) is 19.5. The normalized spacial score (nSPS) is 10.8. The zero-order chi connectivity index (χ0) is 20.5. The molecule has 2 aromatic heterocycles. The average Bonchev–Trinajstić information content (AvgIpc) is 3.27. The Morgan fingerprint density at radius 1 is 1.13 bits per heavy atom. The highest BCUT2D eigenvalue weighted by atomic mass is 127. The molecule has 0 saturated carbocycles. The number of guanidine groups is 1. The van der Waals surface area contributed by atoms with Crippen LogP contribution >= 0.6 is 35.6 Å². The van der Waals surface area contributed by atoms with Crippen molar-refractivity contribution in [2.24, 2.45) is 4.99 Å². The first kappa shape index (κ1) is 23.7. The first-order chi connectivity index (χ1) is 14.1. The number of nitrogens with zero attached hydrogens (tertiary/aromatic N) is 2. The van der Waals surface area contributed by atoms with Crippen molar-refractivity contribution < 1.29 is 9.21 Å². The number of anilines is 1. The molecule has 0 aliphatic heterocycles. The molecule has 7 nitrogen and oxygen atoms in total. The van der Waals surface area contributed by atoms with E-state index in [0.29, 0.717) is 29.9 Å². The number of nitrogens with one attached hydrogen (secondary N) is 3. The molecule has 3 aromatic rings. The van der Waals surface area contributed by atoms with Crippen molar-refractivity contribution in [1.29, 1.82) is 0 Å². The number of hydrogen-bond donors (Lipinski definition) is 3. The van der Waals surface area contributed by atoms with Gasteiger partial charge in [0.1, 0.15) is 5.15 Å². The molecule has 0 saturated heterocycles. The van der Waals surface area contributed by atoms with Gasteiger partial charge in [0, 0.05) is 32.0 Å². The number of amides is 1. The highest BCUT2D eigenvalue weighted by Gasteiger charge is 2.09. The molecule has 2 heterocycles. The van der Waals surface area contributed by atoms with Crippen molar-refractivity contribution in [2.75, 3.05) is 18.9 Å². The van der Waals surface area contributed by atoms with Gasteiger partial charge in [-0.2, -0.15) is 0 Å². The van der Waals surface area contributed by atoms with Crippen LogP contribution in [0.25, 0.3) is 0 Å². The molecule has 0 atom stereocenters. The number of benzene rings is 1. The van der Waals surface area contributed by atoms with Crippen molar-refractivity contribution >= 4 is 53.1 Å². The third kappa shape index (κ3) is 7.34. The van der Waals surface area contributed by atoms with Crippen LogP contribution in [-0.4, -0.2) is 30.4 Å². The number of aliphatic imine (C=N–C) groups is 1. The van der Waals surface area contributed by atoms with Crippen LogP contribution in [0.3, 0.4) is 0 Å². The van der Waals surface area contributed by atoms with E-state index in [2.05, 4.69) is 25.9 Å². The first-order valence-corrected chi connectivity index (χ1v) is 9.50. The minimum atomic E-state index is -0.283. The minimum Gasteiger partial charge on any atom is -0.459 e. The molecule has 158 valence electrons. The van der Waals surface area contributed by atoms with Gasteiger partial charge >= 0.3 is 0 Å². The summed E-state index contributed by atoms with van der Waals surface area (Å²) in [5, 5.41) is 9.83. The second kappa shape index (κ2) is 12.2. The lowest BCUT2D eigenvalue weighted by molar-refractivity contribution is 0.0996. The minimum absolute atomic E-state index is 0. The third-order valence-corrected chi connectivity index (χ3v) is 4.33. The number of hydrogen-bond acceptors (Lipinski definition) is 4. The van der Waals surface area contributed by atoms with Crippen LogP contribution < -0.4 is 16.0 Å². The molecule has 0 spiro atoms. The lowest BCUT2D eigenvalue weighted by Gasteiger charge is -2.13. The van der Waals surface area contributed by atoms with Crippen LogP contribution in [0.5, 0.6) is 0 Å². The molecule has 3 N–H and O–H groups in total. The highest BCUT2D eigenvalue weighted by molar-refractivity contribution is 14.0. The number of carbonyl (C=O) groups excluding carboxylic acids is 1. The van der Waals surface area contributed by atoms with E-state index in [1.54, 1.807) is 31.4 Å². The first-order valence-electron chi connectivity index (χ1n) is 9.13. The van der Waals surface area contributed by atoms with Gasteiger partial charge in [-0.3, -0.25) is 9.79 Å². The Morgan fingerprint density at radius 3 is 2.70 bits per heavy atom. The summed E-state index contributed by atoms with van der Waals surface area (Å²) in [5.41, 5.74) is 2.80. The SMILES string of the molecule is CN=C(NCCc1ccc(Cl)nc1)NCc1cccc(NC(=O)c2ccco2)c1.I. The molecule has 9 heteroatoms. The fourth-order valence-electron chi connectivity index (χ4n) is 2.65. The van der Waals surface area contributed by atoms with Crippen molar-refractivity contribution in [1.82, 2.24) is 15.6 Å². The van der Waals surface area contributed by atoms with Crippen molar-refractivity contribution in [3.8, 4) is 0 Å². The summed E-state index contributed by atoms with van der Waals surface area (Å²) in [7, 11) is 1.72. The molecule has 1 amide bonds. The van der Waals surface area contributed by atoms with Gasteiger partial charge in [0.25, 0.3) is 5.91 Å². The summed E-state index contributed by atoms with van der Waals surface area (Å²) in [4.78, 5) is 20.4. The van der Waals surface area contributed by atoms with E-state index in [1.807, 2.05) is 30.3 Å². The second-order valence-corrected chi connectivity index (χ2v) is 6.61. The van der Waals surface area contributed by atoms with Crippen LogP contribution in [0.15, 0.2) is 70.4 Å². The van der Waals surface area contributed by atoms with Crippen LogP contribution in [0.1, 0.15) is 21.7 Å². The molecular formula is C21H23ClIN5O2. The van der Waals surface area contributed by atoms with E-state index < -0.39 is 0 Å². The summed E-state index contributed by atoms with van der Waals surface area (Å²) in [6.07, 6.45) is 4.04. The summed E-state index contributed by atoms with van der Waals surface area (Å²) in [6, 6.07) is 14.6. The molecule has 0 bridgehead atoms. The Labute approximate surface area is 197 Å². The Hall–Kier alpha value is -2.59. The molecule has 0 aliphatic rings. The number of furan rings is 1. The maximum absolute atomic E-state index is 12.1. The largest absolute Gasteiger partial charge is 0.459 e. The van der Waals surface area contributed by atoms with Crippen LogP contribution in [0.4, 0.5) is 5.69 Å². The lowest BCUT2D eigenvalue weighted by atomic mass is 10.2. The van der Waals surface area contributed by atoms with Crippen molar-refractivity contribution in [3.05, 3.63) is 83.0 Å². The predicted octanol–water partition coefficient (Wildman–Crippen LogP) is 4.11. The summed E-state index contributed by atoms with van der Waals surface area (Å²) < 4.78 is 5.11. The molecule has 3 rings (SSSR count). The maximum atomic E-state index is 12.1. The summed E-state index contributed by atoms with van der Waals surface area (Å²) in [5.74, 6) is 0.681. The Balaban J connectivity index is 0.00000320. The Morgan fingerprint density at radius 2 is 2.00 bits per heavy atom. The summed E-state index contributed by atoms with van der Waals surface area (Å²) >= 11 is 5.80. The van der Waals surface area contributed by atoms with E-state index in [4.69, 9.17) is 16.0 Å². The Kier molecular flexibility index (Phi) is 9.62. The molecule has 0 fully saturated rings. The summed E-state index contributed by atoms with van der Waals surface area (Å²) in [6.45, 7) is 1.27. The topological polar surface area (TPSA) is 91.5 Å². The van der Waals surface area contributed by atoms with Crippen LogP contribution in [0.2, 0.25) is 5.15 Å². The number of halogens is 2. The van der Waals surface area contributed by atoms with Gasteiger partial charge < -0.3 is 20.4 Å². The second-order valence-electron chi connectivity index (χ2n) is 6.22. The number of pyridine rings is 1. The molecule has 1 aromatic carbocycles. The average molecular weight is 540 g/mol. The van der Waals surface area contributed by atoms with Crippen molar-refractivity contribution in [2.45, 2.75) is 13.0 Å². The van der Waals surface area contributed by atoms with Gasteiger partial charge in [-0.1, -0.05) is 29.8 Å². The molecule has 30 heavy (non-hydrogen) atoms. The monoisotopic (exact) mass is 539 g/mol. The van der Waals surface area contributed by atoms with E-state index in [0.717, 1.165) is 17.5 Å². The standard InChI is InChI=1S/C21H22ClN5O2.HI/c1-23-21(24-10-9-15-7-8-19(22)25-13-15)26-14-16-4-2-5-17(12-16)27-20(28)18-6-3-11-29-18;/h2-8,11-13H,9-10,14H2,1H3,(H,27,28)(H2,23,24,26);1H. The fraction of sp³-hybridized carbons (Fsp3) is 0.190. The number of rotatable bonds is 7. The maximum Gasteiger partial charge on any atom is 0.291 e. The Bertz CT molecular complexity index is 962. The van der Waals surface area contributed by atoms with Gasteiger partial charge in [-0.05, 0) is 47.9 Å². The number of carbonyl (C=O) groups is 1. The van der Waals surface area contributed by atoms with Crippen LogP contribution in [0, 0.1) is 0 Å². The van der Waals surface area contributed by atoms with Gasteiger partial charge in [-0.25, -0.2) is 4.98 Å². The van der Waals surface area contributed by atoms with Crippen LogP contribution in [-0.2, 0) is 13.0 Å². The van der Waals surface area contributed by atoms with E-state index in [9.17, 15) is 4.79 Å². The van der Waals surface area contributed by atoms with E-state index in [-0.39, 0.29) is 35.6 Å². The van der Waals surface area contributed by atoms with Gasteiger partial charge in [0.05, 0.1) is 6.26 Å². The third-order valence-electron chi connectivity index (χ3n) is 4.11. The predicted molar refractivity (Wildman–Crippen MR) is 130 cm³/mol. The van der Waals surface area contributed by atoms with Gasteiger partial charge in [-0.15, -0.1) is 24.0 Å². The fourth-order valence-corrected chi connectivity index (χ4v) is 2.76. The molecule has 0 radical (unpaired) electrons. The molecule has 0 unspecified atom stereocenters. The van der Waals surface area contributed by atoms with Crippen molar-refractivity contribution in [3.63, 3.8) is 0 Å².